The largest absolute Gasteiger partial charge is 0.368 e. The highest BCUT2D eigenvalue weighted by atomic mass is 16.2. The third kappa shape index (κ3) is 16.7. The molecule has 0 unspecified atom stereocenters. The van der Waals surface area contributed by atoms with Crippen molar-refractivity contribution in [3.63, 3.8) is 0 Å². The molecular formula is C53H61N13O4. The Hall–Kier alpha value is -7.86. The van der Waals surface area contributed by atoms with E-state index in [2.05, 4.69) is 104 Å². The SMILES string of the molecule is NC(=O)CNc1cc(NC(=O)CN2CCC(Cc3ccccc3)CC2)nc(-c2ccccc2)n1.NC(=O)CNc1cc(NC(=O)CN2CCN(C/C=C/c3ccccc3)CC2)nc(-c2ccccc2)n1. The van der Waals surface area contributed by atoms with Crippen LogP contribution >= 0.6 is 0 Å². The van der Waals surface area contributed by atoms with Crippen molar-refractivity contribution in [3.05, 3.63) is 151 Å². The van der Waals surface area contributed by atoms with E-state index in [4.69, 9.17) is 11.5 Å². The standard InChI is InChI=1S/C27H31N7O2.C26H30N6O2/c28-23(35)19-29-24-18-25(32-27(31-24)22-11-5-2-6-12-22)30-26(36)20-34-16-14-33(15-17-34)13-7-10-21-8-3-1-4-9-21;27-22(33)17-28-23-16-24(31-26(30-23)21-9-5-2-6-10-21)29-25(34)18-32-13-11-20(12-14-32)15-19-7-3-1-4-8-19/h1-12,18H,13-17,19-20H2,(H2,28,35)(H2,29,30,31,32,36);1-10,16,20H,11-15,17-18H2,(H2,27,33)(H2,28,29,30,31,34)/b10-7+;. The number of amides is 4. The summed E-state index contributed by atoms with van der Waals surface area (Å²) in [6.45, 7) is 6.59. The van der Waals surface area contributed by atoms with Gasteiger partial charge in [0.1, 0.15) is 23.3 Å². The lowest BCUT2D eigenvalue weighted by molar-refractivity contribution is -0.118. The van der Waals surface area contributed by atoms with E-state index in [-0.39, 0.29) is 31.4 Å². The van der Waals surface area contributed by atoms with Gasteiger partial charge in [-0.1, -0.05) is 133 Å². The van der Waals surface area contributed by atoms with Gasteiger partial charge in [-0.3, -0.25) is 33.9 Å². The van der Waals surface area contributed by atoms with Gasteiger partial charge in [-0.05, 0) is 49.4 Å². The zero-order valence-electron chi connectivity index (χ0n) is 39.3. The number of carbonyl (C=O) groups is 4. The van der Waals surface area contributed by atoms with Crippen molar-refractivity contribution in [2.75, 3.05) is 93.3 Å². The number of nitrogens with two attached hydrogens (primary N) is 2. The minimum atomic E-state index is -0.504. The number of anilines is 4. The van der Waals surface area contributed by atoms with Gasteiger partial charge in [-0.2, -0.15) is 0 Å². The summed E-state index contributed by atoms with van der Waals surface area (Å²) in [6, 6.07) is 42.9. The number of likely N-dealkylation sites (tertiary alicyclic amines) is 1. The molecule has 4 aromatic carbocycles. The highest BCUT2D eigenvalue weighted by molar-refractivity contribution is 5.93. The molecule has 2 fully saturated rings. The number of benzene rings is 4. The molecule has 17 nitrogen and oxygen atoms in total. The fourth-order valence-corrected chi connectivity index (χ4v) is 8.09. The number of hydrogen-bond acceptors (Lipinski definition) is 13. The minimum Gasteiger partial charge on any atom is -0.368 e. The second-order valence-corrected chi connectivity index (χ2v) is 17.2. The summed E-state index contributed by atoms with van der Waals surface area (Å²) in [4.78, 5) is 72.5. The molecule has 0 spiro atoms. The van der Waals surface area contributed by atoms with Crippen LogP contribution in [0.25, 0.3) is 28.9 Å². The molecule has 0 saturated carbocycles. The maximum absolute atomic E-state index is 12.8. The minimum absolute atomic E-state index is 0.0590. The summed E-state index contributed by atoms with van der Waals surface area (Å²) in [5, 5.41) is 11.5. The molecule has 0 atom stereocenters. The number of piperazine rings is 1. The number of nitrogens with zero attached hydrogens (tertiary/aromatic N) is 7. The molecule has 2 saturated heterocycles. The highest BCUT2D eigenvalue weighted by Crippen LogP contribution is 2.24. The average Bonchev–Trinajstić information content (AvgIpc) is 3.37. The highest BCUT2D eigenvalue weighted by Gasteiger charge is 2.22. The number of hydrogen-bond donors (Lipinski definition) is 6. The first kappa shape index (κ1) is 50.0. The molecule has 0 bridgehead atoms. The maximum Gasteiger partial charge on any atom is 0.239 e. The first-order valence-corrected chi connectivity index (χ1v) is 23.6. The van der Waals surface area contributed by atoms with Crippen LogP contribution in [0.15, 0.2) is 140 Å². The van der Waals surface area contributed by atoms with Gasteiger partial charge in [0.05, 0.1) is 26.2 Å². The Labute approximate surface area is 408 Å². The van der Waals surface area contributed by atoms with E-state index in [0.29, 0.717) is 47.4 Å². The van der Waals surface area contributed by atoms with Crippen LogP contribution in [0, 0.1) is 5.92 Å². The van der Waals surface area contributed by atoms with Crippen molar-refractivity contribution in [1.29, 1.82) is 0 Å². The molecule has 0 radical (unpaired) electrons. The summed E-state index contributed by atoms with van der Waals surface area (Å²) < 4.78 is 0. The topological polar surface area (TPSA) is 230 Å². The lowest BCUT2D eigenvalue weighted by Crippen LogP contribution is -2.48. The molecule has 2 aliphatic rings. The van der Waals surface area contributed by atoms with Crippen LogP contribution in [0.5, 0.6) is 0 Å². The van der Waals surface area contributed by atoms with Crippen molar-refractivity contribution < 1.29 is 19.2 Å². The van der Waals surface area contributed by atoms with Crippen molar-refractivity contribution >= 4 is 53.0 Å². The third-order valence-corrected chi connectivity index (χ3v) is 11.7. The van der Waals surface area contributed by atoms with E-state index >= 15 is 0 Å². The molecular weight excluding hydrogens is 883 g/mol. The fourth-order valence-electron chi connectivity index (χ4n) is 8.09. The smallest absolute Gasteiger partial charge is 0.239 e. The van der Waals surface area contributed by atoms with Gasteiger partial charge in [0.15, 0.2) is 11.6 Å². The summed E-state index contributed by atoms with van der Waals surface area (Å²) in [6.07, 6.45) is 7.56. The normalized spacial score (nSPS) is 14.5. The Morgan fingerprint density at radius 3 is 1.41 bits per heavy atom. The second-order valence-electron chi connectivity index (χ2n) is 17.2. The fraction of sp³-hybridized carbons (Fsp3) is 0.283. The molecule has 2 aromatic heterocycles. The molecule has 6 aromatic rings. The van der Waals surface area contributed by atoms with Gasteiger partial charge in [0.25, 0.3) is 0 Å². The van der Waals surface area contributed by atoms with Crippen LogP contribution in [0.3, 0.4) is 0 Å². The lowest BCUT2D eigenvalue weighted by atomic mass is 9.90. The zero-order chi connectivity index (χ0) is 48.9. The number of piperidine rings is 1. The van der Waals surface area contributed by atoms with Gasteiger partial charge in [-0.15, -0.1) is 0 Å². The quantitative estimate of drug-likeness (QED) is 0.0611. The van der Waals surface area contributed by atoms with Crippen molar-refractivity contribution in [2.24, 2.45) is 17.4 Å². The molecule has 362 valence electrons. The summed E-state index contributed by atoms with van der Waals surface area (Å²) in [5.74, 6) is 1.85. The summed E-state index contributed by atoms with van der Waals surface area (Å²) in [7, 11) is 0. The summed E-state index contributed by atoms with van der Waals surface area (Å²) >= 11 is 0. The molecule has 8 N–H and O–H groups in total. The van der Waals surface area contributed by atoms with Crippen LogP contribution in [-0.4, -0.2) is 130 Å². The van der Waals surface area contributed by atoms with Crippen molar-refractivity contribution in [1.82, 2.24) is 34.6 Å². The van der Waals surface area contributed by atoms with Gasteiger partial charge < -0.3 is 32.7 Å². The zero-order valence-corrected chi connectivity index (χ0v) is 39.3. The molecule has 4 heterocycles. The average molecular weight is 944 g/mol. The van der Waals surface area contributed by atoms with E-state index in [9.17, 15) is 19.2 Å². The first-order chi connectivity index (χ1) is 34.1. The Balaban J connectivity index is 0.000000207. The van der Waals surface area contributed by atoms with Crippen LogP contribution in [-0.2, 0) is 25.6 Å². The van der Waals surface area contributed by atoms with E-state index in [1.54, 1.807) is 12.1 Å². The van der Waals surface area contributed by atoms with Crippen molar-refractivity contribution in [3.8, 4) is 22.8 Å². The predicted molar refractivity (Wildman–Crippen MR) is 275 cm³/mol. The Morgan fingerprint density at radius 2 is 0.943 bits per heavy atom. The molecule has 4 amide bonds. The van der Waals surface area contributed by atoms with E-state index < -0.39 is 11.8 Å². The second kappa shape index (κ2) is 26.0. The van der Waals surface area contributed by atoms with Gasteiger partial charge in [-0.25, -0.2) is 19.9 Å². The first-order valence-electron chi connectivity index (χ1n) is 23.6. The van der Waals surface area contributed by atoms with Crippen LogP contribution < -0.4 is 32.7 Å². The molecule has 2 aliphatic heterocycles. The van der Waals surface area contributed by atoms with Gasteiger partial charge in [0, 0.05) is 56.0 Å². The van der Waals surface area contributed by atoms with Crippen LogP contribution in [0.2, 0.25) is 0 Å². The number of nitrogens with one attached hydrogen (secondary N) is 4. The number of rotatable bonds is 19. The number of carbonyl (C=O) groups excluding carboxylic acids is 4. The molecule has 0 aliphatic carbocycles. The lowest BCUT2D eigenvalue weighted by Gasteiger charge is -2.33. The molecule has 17 heteroatoms. The van der Waals surface area contributed by atoms with E-state index in [1.165, 1.54) is 11.1 Å². The van der Waals surface area contributed by atoms with Gasteiger partial charge in [0.2, 0.25) is 23.6 Å². The Kier molecular flexibility index (Phi) is 18.6. The van der Waals surface area contributed by atoms with E-state index in [0.717, 1.165) is 76.2 Å². The Morgan fingerprint density at radius 1 is 0.529 bits per heavy atom. The Bertz CT molecular complexity index is 2640. The monoisotopic (exact) mass is 943 g/mol. The molecule has 70 heavy (non-hydrogen) atoms. The van der Waals surface area contributed by atoms with Crippen LogP contribution in [0.4, 0.5) is 23.3 Å². The number of primary amides is 2. The van der Waals surface area contributed by atoms with E-state index in [1.807, 2.05) is 84.9 Å². The maximum atomic E-state index is 12.8. The van der Waals surface area contributed by atoms with Gasteiger partial charge >= 0.3 is 0 Å². The number of aromatic nitrogens is 4. The van der Waals surface area contributed by atoms with Crippen molar-refractivity contribution in [2.45, 2.75) is 19.3 Å². The summed E-state index contributed by atoms with van der Waals surface area (Å²) in [5.41, 5.74) is 14.7. The predicted octanol–water partition coefficient (Wildman–Crippen LogP) is 5.24. The molecule has 8 rings (SSSR count). The third-order valence-electron chi connectivity index (χ3n) is 11.7. The van der Waals surface area contributed by atoms with Crippen LogP contribution in [0.1, 0.15) is 24.0 Å².